The minimum atomic E-state index is -1.18. The van der Waals surface area contributed by atoms with Crippen LogP contribution in [0.1, 0.15) is 6.42 Å². The summed E-state index contributed by atoms with van der Waals surface area (Å²) >= 11 is 0. The first kappa shape index (κ1) is 19.3. The smallest absolute Gasteiger partial charge is 0.329 e. The third-order valence-corrected chi connectivity index (χ3v) is 2.33. The van der Waals surface area contributed by atoms with E-state index in [1.165, 1.54) is 12.0 Å². The Morgan fingerprint density at radius 3 is 2.29 bits per heavy atom. The van der Waals surface area contributed by atoms with Gasteiger partial charge in [0.25, 0.3) is 5.91 Å². The Hall–Kier alpha value is -1.71. The molecule has 0 bridgehead atoms. The second-order valence-electron chi connectivity index (χ2n) is 4.07. The molecule has 0 saturated heterocycles. The summed E-state index contributed by atoms with van der Waals surface area (Å²) in [5.74, 6) is -1.88. The zero-order valence-corrected chi connectivity index (χ0v) is 12.3. The lowest BCUT2D eigenvalue weighted by atomic mass is 10.4. The number of aliphatic carboxylic acids is 1. The molecule has 0 unspecified atom stereocenters. The molecule has 0 aromatic carbocycles. The van der Waals surface area contributed by atoms with Gasteiger partial charge in [-0.1, -0.05) is 0 Å². The molecule has 3 amide bonds. The first-order chi connectivity index (χ1) is 10.0. The number of nitrogens with zero attached hydrogens (tertiary/aromatic N) is 1. The molecule has 0 aromatic heterocycles. The lowest BCUT2D eigenvalue weighted by molar-refractivity contribution is -0.143. The average Bonchev–Trinajstić information content (AvgIpc) is 2.42. The van der Waals surface area contributed by atoms with Crippen molar-refractivity contribution >= 4 is 17.9 Å². The van der Waals surface area contributed by atoms with Crippen LogP contribution < -0.4 is 5.32 Å². The molecule has 0 fully saturated rings. The molecule has 9 heteroatoms. The Kier molecular flexibility index (Phi) is 11.1. The number of carboxylic acid groups (broad SMARTS) is 1. The number of ether oxygens (including phenoxy) is 3. The molecule has 0 aliphatic carbocycles. The van der Waals surface area contributed by atoms with Crippen LogP contribution >= 0.6 is 0 Å². The van der Waals surface area contributed by atoms with Crippen molar-refractivity contribution in [3.05, 3.63) is 0 Å². The van der Waals surface area contributed by atoms with Gasteiger partial charge in [-0.3, -0.25) is 10.1 Å². The van der Waals surface area contributed by atoms with E-state index in [1.54, 1.807) is 7.11 Å². The fraction of sp³-hybridized carbons (Fsp3) is 0.750. The third kappa shape index (κ3) is 10.7. The molecular weight excluding hydrogens is 284 g/mol. The van der Waals surface area contributed by atoms with Gasteiger partial charge in [0.05, 0.1) is 6.61 Å². The first-order valence-electron chi connectivity index (χ1n) is 6.37. The molecule has 0 saturated carbocycles. The molecule has 0 spiro atoms. The fourth-order valence-electron chi connectivity index (χ4n) is 1.38. The maximum Gasteiger partial charge on any atom is 0.329 e. The number of urea groups is 1. The normalized spacial score (nSPS) is 10.2. The van der Waals surface area contributed by atoms with Gasteiger partial charge in [0.15, 0.2) is 0 Å². The number of carboxylic acids is 1. The van der Waals surface area contributed by atoms with Gasteiger partial charge in [-0.25, -0.2) is 9.59 Å². The third-order valence-electron chi connectivity index (χ3n) is 2.33. The number of hydrogen-bond donors (Lipinski definition) is 2. The zero-order valence-electron chi connectivity index (χ0n) is 12.3. The van der Waals surface area contributed by atoms with E-state index < -0.39 is 31.1 Å². The van der Waals surface area contributed by atoms with Crippen LogP contribution in [0, 0.1) is 0 Å². The van der Waals surface area contributed by atoms with Gasteiger partial charge in [0.2, 0.25) is 0 Å². The number of imide groups is 1. The summed E-state index contributed by atoms with van der Waals surface area (Å²) < 4.78 is 14.4. The van der Waals surface area contributed by atoms with Crippen molar-refractivity contribution in [2.45, 2.75) is 6.42 Å². The molecule has 0 aromatic rings. The van der Waals surface area contributed by atoms with Crippen molar-refractivity contribution < 1.29 is 33.7 Å². The summed E-state index contributed by atoms with van der Waals surface area (Å²) in [6.07, 6.45) is 0.622. The molecule has 0 radical (unpaired) electrons. The maximum atomic E-state index is 11.9. The van der Waals surface area contributed by atoms with Crippen LogP contribution in [0.5, 0.6) is 0 Å². The van der Waals surface area contributed by atoms with Crippen molar-refractivity contribution in [1.29, 1.82) is 0 Å². The van der Waals surface area contributed by atoms with Crippen molar-refractivity contribution in [3.8, 4) is 0 Å². The Bertz CT molecular complexity index is 336. The van der Waals surface area contributed by atoms with E-state index in [2.05, 4.69) is 10.1 Å². The number of rotatable bonds is 11. The number of nitrogens with one attached hydrogen (secondary N) is 1. The van der Waals surface area contributed by atoms with Crippen LogP contribution in [0.3, 0.4) is 0 Å². The van der Waals surface area contributed by atoms with E-state index in [1.807, 2.05) is 0 Å². The van der Waals surface area contributed by atoms with Crippen molar-refractivity contribution in [2.75, 3.05) is 53.7 Å². The topological polar surface area (TPSA) is 114 Å². The molecule has 122 valence electrons. The second-order valence-corrected chi connectivity index (χ2v) is 4.07. The van der Waals surface area contributed by atoms with E-state index in [-0.39, 0.29) is 0 Å². The highest BCUT2D eigenvalue weighted by molar-refractivity contribution is 5.95. The SMILES string of the molecule is COCCCN(CCOC)C(=O)NC(=O)COCC(=O)O. The van der Waals surface area contributed by atoms with Gasteiger partial charge in [-0.15, -0.1) is 0 Å². The number of hydrogen-bond acceptors (Lipinski definition) is 6. The number of amides is 3. The average molecular weight is 306 g/mol. The fourth-order valence-corrected chi connectivity index (χ4v) is 1.38. The van der Waals surface area contributed by atoms with Gasteiger partial charge in [0, 0.05) is 33.9 Å². The molecular formula is C12H22N2O7. The monoisotopic (exact) mass is 306 g/mol. The minimum absolute atomic E-state index is 0.329. The van der Waals surface area contributed by atoms with Gasteiger partial charge in [0.1, 0.15) is 13.2 Å². The van der Waals surface area contributed by atoms with Crippen molar-refractivity contribution in [2.24, 2.45) is 0 Å². The van der Waals surface area contributed by atoms with Crippen molar-refractivity contribution in [1.82, 2.24) is 10.2 Å². The standard InChI is InChI=1S/C12H22N2O7/c1-19-6-3-4-14(5-7-20-2)12(18)13-10(15)8-21-9-11(16)17/h3-9H2,1-2H3,(H,16,17)(H,13,15,18). The second kappa shape index (κ2) is 12.1. The van der Waals surface area contributed by atoms with Gasteiger partial charge >= 0.3 is 12.0 Å². The molecule has 0 rings (SSSR count). The molecule has 21 heavy (non-hydrogen) atoms. The van der Waals surface area contributed by atoms with E-state index >= 15 is 0 Å². The van der Waals surface area contributed by atoms with Crippen LogP contribution in [0.4, 0.5) is 4.79 Å². The number of carbonyl (C=O) groups excluding carboxylic acids is 2. The van der Waals surface area contributed by atoms with Crippen LogP contribution in [-0.2, 0) is 23.8 Å². The molecule has 2 N–H and O–H groups in total. The van der Waals surface area contributed by atoms with Gasteiger partial charge in [-0.05, 0) is 6.42 Å². The van der Waals surface area contributed by atoms with Gasteiger partial charge in [-0.2, -0.15) is 0 Å². The van der Waals surface area contributed by atoms with Crippen LogP contribution in [-0.4, -0.2) is 81.7 Å². The number of methoxy groups -OCH3 is 2. The lowest BCUT2D eigenvalue weighted by Crippen LogP contribution is -2.46. The van der Waals surface area contributed by atoms with Crippen molar-refractivity contribution in [3.63, 3.8) is 0 Å². The molecule has 0 aliphatic heterocycles. The highest BCUT2D eigenvalue weighted by Crippen LogP contribution is 1.94. The molecule has 9 nitrogen and oxygen atoms in total. The predicted octanol–water partition coefficient (Wildman–Crippen LogP) is -0.691. The first-order valence-corrected chi connectivity index (χ1v) is 6.37. The Labute approximate surface area is 123 Å². The van der Waals surface area contributed by atoms with E-state index in [9.17, 15) is 14.4 Å². The summed E-state index contributed by atoms with van der Waals surface area (Å²) in [5, 5.41) is 10.5. The minimum Gasteiger partial charge on any atom is -0.480 e. The van der Waals surface area contributed by atoms with Crippen LogP contribution in [0.2, 0.25) is 0 Å². The molecule has 0 heterocycles. The van der Waals surface area contributed by atoms with Crippen LogP contribution in [0.25, 0.3) is 0 Å². The Balaban J connectivity index is 4.17. The highest BCUT2D eigenvalue weighted by atomic mass is 16.5. The van der Waals surface area contributed by atoms with Gasteiger partial charge < -0.3 is 24.2 Å². The molecule has 0 aliphatic rings. The van der Waals surface area contributed by atoms with E-state index in [4.69, 9.17) is 14.6 Å². The predicted molar refractivity (Wildman–Crippen MR) is 71.9 cm³/mol. The largest absolute Gasteiger partial charge is 0.480 e. The maximum absolute atomic E-state index is 11.9. The summed E-state index contributed by atoms with van der Waals surface area (Å²) in [4.78, 5) is 34.9. The van der Waals surface area contributed by atoms with E-state index in [0.29, 0.717) is 32.7 Å². The molecule has 0 atom stereocenters. The lowest BCUT2D eigenvalue weighted by Gasteiger charge is -2.22. The Morgan fingerprint density at radius 2 is 1.71 bits per heavy atom. The van der Waals surface area contributed by atoms with Crippen LogP contribution in [0.15, 0.2) is 0 Å². The zero-order chi connectivity index (χ0) is 16.1. The number of carbonyl (C=O) groups is 3. The summed E-state index contributed by atoms with van der Waals surface area (Å²) in [7, 11) is 3.07. The Morgan fingerprint density at radius 1 is 1.05 bits per heavy atom. The summed E-state index contributed by atoms with van der Waals surface area (Å²) in [5.41, 5.74) is 0. The quantitative estimate of drug-likeness (QED) is 0.485. The summed E-state index contributed by atoms with van der Waals surface area (Å²) in [6.45, 7) is 0.481. The summed E-state index contributed by atoms with van der Waals surface area (Å²) in [6, 6.07) is -0.577. The van der Waals surface area contributed by atoms with E-state index in [0.717, 1.165) is 0 Å². The highest BCUT2D eigenvalue weighted by Gasteiger charge is 2.16.